The summed E-state index contributed by atoms with van der Waals surface area (Å²) in [6.45, 7) is 6.43. The van der Waals surface area contributed by atoms with E-state index in [-0.39, 0.29) is 17.9 Å². The molecule has 172 valence electrons. The van der Waals surface area contributed by atoms with E-state index < -0.39 is 6.04 Å². The largest absolute Gasteiger partial charge is 0.352 e. The second-order valence-corrected chi connectivity index (χ2v) is 10.00. The molecule has 1 atom stereocenters. The molecular formula is C27H36N2O2S. The van der Waals surface area contributed by atoms with Crippen molar-refractivity contribution in [1.82, 2.24) is 10.2 Å². The zero-order chi connectivity index (χ0) is 22.9. The van der Waals surface area contributed by atoms with Crippen LogP contribution in [0.5, 0.6) is 0 Å². The van der Waals surface area contributed by atoms with E-state index in [1.807, 2.05) is 32.0 Å². The summed E-state index contributed by atoms with van der Waals surface area (Å²) in [5.74, 6) is 1.12. The maximum absolute atomic E-state index is 13.3. The lowest BCUT2D eigenvalue weighted by molar-refractivity contribution is -0.139. The van der Waals surface area contributed by atoms with Crippen molar-refractivity contribution in [3.63, 3.8) is 0 Å². The molecule has 1 saturated carbocycles. The molecule has 0 heterocycles. The Bertz CT molecular complexity index is 908. The summed E-state index contributed by atoms with van der Waals surface area (Å²) in [5, 5.41) is 3.20. The number of nitrogens with one attached hydrogen (secondary N) is 1. The Morgan fingerprint density at radius 1 is 1.00 bits per heavy atom. The quantitative estimate of drug-likeness (QED) is 0.554. The first-order valence-electron chi connectivity index (χ1n) is 11.7. The minimum atomic E-state index is -0.496. The lowest BCUT2D eigenvalue weighted by Gasteiger charge is -2.31. The lowest BCUT2D eigenvalue weighted by Crippen LogP contribution is -2.50. The van der Waals surface area contributed by atoms with Crippen molar-refractivity contribution >= 4 is 23.6 Å². The van der Waals surface area contributed by atoms with Gasteiger partial charge in [-0.1, -0.05) is 78.9 Å². The van der Waals surface area contributed by atoms with Gasteiger partial charge in [-0.3, -0.25) is 9.59 Å². The van der Waals surface area contributed by atoms with E-state index in [0.717, 1.165) is 29.7 Å². The van der Waals surface area contributed by atoms with Crippen molar-refractivity contribution < 1.29 is 9.59 Å². The molecule has 0 bridgehead atoms. The third kappa shape index (κ3) is 7.40. The molecule has 1 unspecified atom stereocenters. The van der Waals surface area contributed by atoms with Crippen molar-refractivity contribution in [3.8, 4) is 0 Å². The molecular weight excluding hydrogens is 416 g/mol. The van der Waals surface area contributed by atoms with Crippen LogP contribution in [0.3, 0.4) is 0 Å². The molecule has 2 aromatic carbocycles. The number of thioether (sulfide) groups is 1. The molecule has 0 radical (unpaired) electrons. The summed E-state index contributed by atoms with van der Waals surface area (Å²) < 4.78 is 0. The molecule has 32 heavy (non-hydrogen) atoms. The Labute approximate surface area is 197 Å². The second-order valence-electron chi connectivity index (χ2n) is 9.01. The number of rotatable bonds is 9. The van der Waals surface area contributed by atoms with Crippen LogP contribution >= 0.6 is 11.8 Å². The highest BCUT2D eigenvalue weighted by atomic mass is 32.2. The average Bonchev–Trinajstić information content (AvgIpc) is 2.77. The first-order chi connectivity index (χ1) is 15.4. The van der Waals surface area contributed by atoms with Gasteiger partial charge in [0.2, 0.25) is 11.8 Å². The van der Waals surface area contributed by atoms with Crippen LogP contribution in [0.1, 0.15) is 61.3 Å². The Kier molecular flexibility index (Phi) is 9.22. The van der Waals surface area contributed by atoms with Gasteiger partial charge in [0.15, 0.2) is 0 Å². The van der Waals surface area contributed by atoms with Crippen molar-refractivity contribution in [3.05, 3.63) is 70.8 Å². The number of hydrogen-bond donors (Lipinski definition) is 1. The fraction of sp³-hybridized carbons (Fsp3) is 0.481. The summed E-state index contributed by atoms with van der Waals surface area (Å²) in [7, 11) is 0. The van der Waals surface area contributed by atoms with Gasteiger partial charge in [-0.05, 0) is 44.7 Å². The van der Waals surface area contributed by atoms with Crippen molar-refractivity contribution in [2.45, 2.75) is 77.3 Å². The zero-order valence-electron chi connectivity index (χ0n) is 19.6. The van der Waals surface area contributed by atoms with Gasteiger partial charge in [0.05, 0.1) is 5.75 Å². The van der Waals surface area contributed by atoms with Gasteiger partial charge in [0.1, 0.15) is 6.04 Å². The van der Waals surface area contributed by atoms with Crippen LogP contribution in [0.2, 0.25) is 0 Å². The first-order valence-corrected chi connectivity index (χ1v) is 12.9. The molecule has 2 amide bonds. The molecule has 1 fully saturated rings. The van der Waals surface area contributed by atoms with Crippen LogP contribution < -0.4 is 5.32 Å². The van der Waals surface area contributed by atoms with Gasteiger partial charge in [0, 0.05) is 18.3 Å². The standard InChI is InChI=1S/C27H36N2O2S/c1-20-9-7-11-23(15-20)17-29(22(3)27(31)28-25-13-5-4-6-14-25)26(30)19-32-18-24-12-8-10-21(2)16-24/h7-12,15-16,22,25H,4-6,13-14,17-19H2,1-3H3,(H,28,31). The van der Waals surface area contributed by atoms with E-state index in [9.17, 15) is 9.59 Å². The molecule has 3 rings (SSSR count). The molecule has 5 heteroatoms. The molecule has 1 aliphatic rings. The number of amides is 2. The Balaban J connectivity index is 1.65. The molecule has 2 aromatic rings. The van der Waals surface area contributed by atoms with E-state index in [1.54, 1.807) is 16.7 Å². The number of hydrogen-bond acceptors (Lipinski definition) is 3. The average molecular weight is 453 g/mol. The highest BCUT2D eigenvalue weighted by Crippen LogP contribution is 2.20. The number of nitrogens with zero attached hydrogens (tertiary/aromatic N) is 1. The molecule has 0 aliphatic heterocycles. The molecule has 4 nitrogen and oxygen atoms in total. The minimum Gasteiger partial charge on any atom is -0.352 e. The van der Waals surface area contributed by atoms with Gasteiger partial charge in [-0.25, -0.2) is 0 Å². The van der Waals surface area contributed by atoms with E-state index in [4.69, 9.17) is 0 Å². The normalized spacial score (nSPS) is 15.2. The number of carbonyl (C=O) groups excluding carboxylic acids is 2. The van der Waals surface area contributed by atoms with Crippen molar-refractivity contribution in [2.24, 2.45) is 0 Å². The molecule has 0 aromatic heterocycles. The van der Waals surface area contributed by atoms with Crippen LogP contribution in [-0.4, -0.2) is 34.6 Å². The summed E-state index contributed by atoms with van der Waals surface area (Å²) >= 11 is 1.61. The van der Waals surface area contributed by atoms with E-state index >= 15 is 0 Å². The van der Waals surface area contributed by atoms with Crippen LogP contribution in [0.4, 0.5) is 0 Å². The maximum Gasteiger partial charge on any atom is 0.242 e. The fourth-order valence-electron chi connectivity index (χ4n) is 4.30. The van der Waals surface area contributed by atoms with Crippen LogP contribution in [0, 0.1) is 13.8 Å². The van der Waals surface area contributed by atoms with Gasteiger partial charge < -0.3 is 10.2 Å². The van der Waals surface area contributed by atoms with E-state index in [0.29, 0.717) is 12.3 Å². The van der Waals surface area contributed by atoms with Crippen LogP contribution in [0.15, 0.2) is 48.5 Å². The smallest absolute Gasteiger partial charge is 0.242 e. The molecule has 1 aliphatic carbocycles. The highest BCUT2D eigenvalue weighted by Gasteiger charge is 2.28. The third-order valence-corrected chi connectivity index (χ3v) is 7.12. The Morgan fingerprint density at radius 2 is 1.62 bits per heavy atom. The van der Waals surface area contributed by atoms with Gasteiger partial charge in [-0.2, -0.15) is 0 Å². The fourth-order valence-corrected chi connectivity index (χ4v) is 5.16. The van der Waals surface area contributed by atoms with Crippen molar-refractivity contribution in [2.75, 3.05) is 5.75 Å². The van der Waals surface area contributed by atoms with Gasteiger partial charge in [-0.15, -0.1) is 11.8 Å². The third-order valence-electron chi connectivity index (χ3n) is 6.13. The topological polar surface area (TPSA) is 49.4 Å². The lowest BCUT2D eigenvalue weighted by atomic mass is 9.95. The van der Waals surface area contributed by atoms with Crippen LogP contribution in [0.25, 0.3) is 0 Å². The number of aryl methyl sites for hydroxylation is 2. The Morgan fingerprint density at radius 3 is 2.28 bits per heavy atom. The maximum atomic E-state index is 13.3. The van der Waals surface area contributed by atoms with Gasteiger partial charge >= 0.3 is 0 Å². The van der Waals surface area contributed by atoms with Gasteiger partial charge in [0.25, 0.3) is 0 Å². The zero-order valence-corrected chi connectivity index (χ0v) is 20.4. The predicted molar refractivity (Wildman–Crippen MR) is 134 cm³/mol. The Hall–Kier alpha value is -2.27. The monoisotopic (exact) mass is 452 g/mol. The summed E-state index contributed by atoms with van der Waals surface area (Å²) in [6.07, 6.45) is 5.66. The molecule has 0 spiro atoms. The first kappa shape index (κ1) is 24.4. The second kappa shape index (κ2) is 12.1. The predicted octanol–water partition coefficient (Wildman–Crippen LogP) is 5.40. The highest BCUT2D eigenvalue weighted by molar-refractivity contribution is 7.99. The van der Waals surface area contributed by atoms with Crippen molar-refractivity contribution in [1.29, 1.82) is 0 Å². The summed E-state index contributed by atoms with van der Waals surface area (Å²) in [5.41, 5.74) is 4.65. The minimum absolute atomic E-state index is 0.00968. The van der Waals surface area contributed by atoms with Crippen LogP contribution in [-0.2, 0) is 21.9 Å². The summed E-state index contributed by atoms with van der Waals surface area (Å²) in [6, 6.07) is 16.3. The summed E-state index contributed by atoms with van der Waals surface area (Å²) in [4.78, 5) is 28.0. The number of benzene rings is 2. The van der Waals surface area contributed by atoms with E-state index in [1.165, 1.54) is 30.4 Å². The SMILES string of the molecule is Cc1cccc(CSCC(=O)N(Cc2cccc(C)c2)C(C)C(=O)NC2CCCCC2)c1. The van der Waals surface area contributed by atoms with E-state index in [2.05, 4.69) is 42.6 Å². The molecule has 1 N–H and O–H groups in total. The molecule has 0 saturated heterocycles. The number of carbonyl (C=O) groups is 2.